The smallest absolute Gasteiger partial charge is 0.313 e. The van der Waals surface area contributed by atoms with Gasteiger partial charge in [0.1, 0.15) is 5.82 Å². The fourth-order valence-electron chi connectivity index (χ4n) is 2.64. The first-order valence-corrected chi connectivity index (χ1v) is 7.51. The fourth-order valence-corrected chi connectivity index (χ4v) is 2.64. The van der Waals surface area contributed by atoms with Crippen molar-refractivity contribution in [1.29, 1.82) is 0 Å². The minimum Gasteiger partial charge on any atom is -0.393 e. The number of carbonyl (C=O) groups excluding carboxylic acids is 2. The number of benzene rings is 1. The minimum absolute atomic E-state index is 0.0159. The van der Waals surface area contributed by atoms with Gasteiger partial charge < -0.3 is 15.7 Å². The third kappa shape index (κ3) is 4.27. The van der Waals surface area contributed by atoms with Crippen molar-refractivity contribution in [2.24, 2.45) is 5.92 Å². The minimum atomic E-state index is -0.908. The molecule has 120 valence electrons. The highest BCUT2D eigenvalue weighted by Crippen LogP contribution is 2.23. The molecule has 0 aliphatic heterocycles. The van der Waals surface area contributed by atoms with E-state index in [-0.39, 0.29) is 18.2 Å². The van der Waals surface area contributed by atoms with Crippen molar-refractivity contribution < 1.29 is 19.1 Å². The van der Waals surface area contributed by atoms with Gasteiger partial charge in [-0.25, -0.2) is 4.39 Å². The lowest BCUT2D eigenvalue weighted by Crippen LogP contribution is -2.41. The Balaban J connectivity index is 1.86. The standard InChI is InChI=1S/C16H21FN2O3/c1-10-6-7-12(17)13(8-10)19-16(22)15(21)18-9-11-4-2-3-5-14(11)20/h6-8,11,14,20H,2-5,9H2,1H3,(H,18,21)(H,19,22)/t11-,14+/m1/s1. The average Bonchev–Trinajstić information content (AvgIpc) is 2.49. The first-order chi connectivity index (χ1) is 10.5. The molecule has 3 N–H and O–H groups in total. The molecule has 5 nitrogen and oxygen atoms in total. The van der Waals surface area contributed by atoms with Gasteiger partial charge in [0.2, 0.25) is 0 Å². The molecule has 2 rings (SSSR count). The molecule has 0 spiro atoms. The Labute approximate surface area is 128 Å². The van der Waals surface area contributed by atoms with Gasteiger partial charge in [0.25, 0.3) is 0 Å². The van der Waals surface area contributed by atoms with E-state index >= 15 is 0 Å². The normalized spacial score (nSPS) is 21.2. The van der Waals surface area contributed by atoms with Crippen LogP contribution in [0.25, 0.3) is 0 Å². The van der Waals surface area contributed by atoms with Crippen molar-refractivity contribution in [3.63, 3.8) is 0 Å². The summed E-state index contributed by atoms with van der Waals surface area (Å²) in [5, 5.41) is 14.6. The van der Waals surface area contributed by atoms with Gasteiger partial charge in [-0.3, -0.25) is 9.59 Å². The summed E-state index contributed by atoms with van der Waals surface area (Å²) in [6.07, 6.45) is 3.11. The number of amides is 2. The number of anilines is 1. The van der Waals surface area contributed by atoms with Crippen molar-refractivity contribution >= 4 is 17.5 Å². The molecule has 0 saturated heterocycles. The van der Waals surface area contributed by atoms with Crippen LogP contribution in [0.5, 0.6) is 0 Å². The molecular formula is C16H21FN2O3. The second kappa shape index (κ2) is 7.35. The van der Waals surface area contributed by atoms with Gasteiger partial charge in [-0.05, 0) is 37.5 Å². The summed E-state index contributed by atoms with van der Waals surface area (Å²) >= 11 is 0. The maximum absolute atomic E-state index is 13.5. The molecular weight excluding hydrogens is 287 g/mol. The summed E-state index contributed by atoms with van der Waals surface area (Å²) in [6.45, 7) is 2.02. The second-order valence-corrected chi connectivity index (χ2v) is 5.76. The van der Waals surface area contributed by atoms with E-state index in [2.05, 4.69) is 10.6 Å². The van der Waals surface area contributed by atoms with E-state index in [1.54, 1.807) is 13.0 Å². The maximum atomic E-state index is 13.5. The molecule has 0 aromatic heterocycles. The van der Waals surface area contributed by atoms with Crippen molar-refractivity contribution in [2.75, 3.05) is 11.9 Å². The van der Waals surface area contributed by atoms with E-state index in [4.69, 9.17) is 0 Å². The Morgan fingerprint density at radius 3 is 2.73 bits per heavy atom. The van der Waals surface area contributed by atoms with Gasteiger partial charge in [-0.1, -0.05) is 18.9 Å². The van der Waals surface area contributed by atoms with E-state index < -0.39 is 23.7 Å². The van der Waals surface area contributed by atoms with E-state index in [0.29, 0.717) is 0 Å². The highest BCUT2D eigenvalue weighted by Gasteiger charge is 2.24. The second-order valence-electron chi connectivity index (χ2n) is 5.76. The van der Waals surface area contributed by atoms with Crippen LogP contribution in [0.1, 0.15) is 31.2 Å². The van der Waals surface area contributed by atoms with Gasteiger partial charge in [0, 0.05) is 12.5 Å². The van der Waals surface area contributed by atoms with E-state index in [0.717, 1.165) is 31.2 Å². The van der Waals surface area contributed by atoms with Crippen LogP contribution in [-0.2, 0) is 9.59 Å². The number of aryl methyl sites for hydroxylation is 1. The molecule has 6 heteroatoms. The summed E-state index contributed by atoms with van der Waals surface area (Å²) < 4.78 is 13.5. The fraction of sp³-hybridized carbons (Fsp3) is 0.500. The van der Waals surface area contributed by atoms with Gasteiger partial charge in [-0.15, -0.1) is 0 Å². The molecule has 22 heavy (non-hydrogen) atoms. The van der Waals surface area contributed by atoms with Crippen LogP contribution in [0.4, 0.5) is 10.1 Å². The van der Waals surface area contributed by atoms with E-state index in [1.807, 2.05) is 0 Å². The summed E-state index contributed by atoms with van der Waals surface area (Å²) in [5.41, 5.74) is 0.764. The molecule has 0 unspecified atom stereocenters. The lowest BCUT2D eigenvalue weighted by atomic mass is 9.86. The summed E-state index contributed by atoms with van der Waals surface area (Å²) in [5.74, 6) is -2.34. The Morgan fingerprint density at radius 2 is 2.00 bits per heavy atom. The van der Waals surface area contributed by atoms with E-state index in [1.165, 1.54) is 12.1 Å². The zero-order chi connectivity index (χ0) is 16.1. The van der Waals surface area contributed by atoms with Crippen molar-refractivity contribution in [2.45, 2.75) is 38.7 Å². The predicted octanol–water partition coefficient (Wildman–Crippen LogP) is 1.74. The van der Waals surface area contributed by atoms with Crippen LogP contribution in [0.15, 0.2) is 18.2 Å². The number of aliphatic hydroxyl groups excluding tert-OH is 1. The van der Waals surface area contributed by atoms with Crippen LogP contribution < -0.4 is 10.6 Å². The highest BCUT2D eigenvalue weighted by molar-refractivity contribution is 6.39. The van der Waals surface area contributed by atoms with Crippen LogP contribution in [0.2, 0.25) is 0 Å². The van der Waals surface area contributed by atoms with Gasteiger partial charge in [0.15, 0.2) is 0 Å². The first kappa shape index (κ1) is 16.4. The Bertz CT molecular complexity index is 562. The number of rotatable bonds is 3. The van der Waals surface area contributed by atoms with Gasteiger partial charge in [-0.2, -0.15) is 0 Å². The van der Waals surface area contributed by atoms with Crippen molar-refractivity contribution in [3.8, 4) is 0 Å². The number of carbonyl (C=O) groups is 2. The molecule has 2 atom stereocenters. The number of aliphatic hydroxyl groups is 1. The maximum Gasteiger partial charge on any atom is 0.313 e. The number of nitrogens with one attached hydrogen (secondary N) is 2. The highest BCUT2D eigenvalue weighted by atomic mass is 19.1. The van der Waals surface area contributed by atoms with Gasteiger partial charge >= 0.3 is 11.8 Å². The van der Waals surface area contributed by atoms with Crippen LogP contribution >= 0.6 is 0 Å². The molecule has 2 amide bonds. The summed E-state index contributed by atoms with van der Waals surface area (Å²) in [6, 6.07) is 4.28. The quantitative estimate of drug-likeness (QED) is 0.744. The largest absolute Gasteiger partial charge is 0.393 e. The molecule has 0 heterocycles. The lowest BCUT2D eigenvalue weighted by molar-refractivity contribution is -0.136. The topological polar surface area (TPSA) is 78.4 Å². The molecule has 1 fully saturated rings. The molecule has 1 saturated carbocycles. The molecule has 0 bridgehead atoms. The summed E-state index contributed by atoms with van der Waals surface area (Å²) in [7, 11) is 0. The van der Waals surface area contributed by atoms with Crippen molar-refractivity contribution in [3.05, 3.63) is 29.6 Å². The predicted molar refractivity (Wildman–Crippen MR) is 80.7 cm³/mol. The SMILES string of the molecule is Cc1ccc(F)c(NC(=O)C(=O)NC[C@H]2CCCC[C@@H]2O)c1. The monoisotopic (exact) mass is 308 g/mol. The van der Waals surface area contributed by atoms with Crippen LogP contribution in [0, 0.1) is 18.7 Å². The number of halogens is 1. The zero-order valence-corrected chi connectivity index (χ0v) is 12.6. The van der Waals surface area contributed by atoms with Gasteiger partial charge in [0.05, 0.1) is 11.8 Å². The van der Waals surface area contributed by atoms with Crippen LogP contribution in [-0.4, -0.2) is 29.6 Å². The number of hydrogen-bond donors (Lipinski definition) is 3. The molecule has 1 aromatic rings. The molecule has 1 aromatic carbocycles. The Morgan fingerprint density at radius 1 is 1.27 bits per heavy atom. The van der Waals surface area contributed by atoms with Crippen molar-refractivity contribution in [1.82, 2.24) is 5.32 Å². The lowest BCUT2D eigenvalue weighted by Gasteiger charge is -2.27. The molecule has 0 radical (unpaired) electrons. The third-order valence-corrected chi connectivity index (χ3v) is 3.97. The molecule has 1 aliphatic carbocycles. The Kier molecular flexibility index (Phi) is 5.49. The zero-order valence-electron chi connectivity index (χ0n) is 12.6. The summed E-state index contributed by atoms with van der Waals surface area (Å²) in [4.78, 5) is 23.5. The van der Waals surface area contributed by atoms with Crippen LogP contribution in [0.3, 0.4) is 0 Å². The first-order valence-electron chi connectivity index (χ1n) is 7.51. The third-order valence-electron chi connectivity index (χ3n) is 3.97. The molecule has 1 aliphatic rings. The average molecular weight is 308 g/mol. The Hall–Kier alpha value is -1.95. The number of hydrogen-bond acceptors (Lipinski definition) is 3. The van der Waals surface area contributed by atoms with E-state index in [9.17, 15) is 19.1 Å².